The SMILES string of the molecule is Cc1cc(F)c(OCc2ccc(CN(C)C3CCC(=O)NC3=O)c(C=O)c2)cc1C.NC=O. The Morgan fingerprint density at radius 1 is 1.18 bits per heavy atom. The number of imide groups is 1. The van der Waals surface area contributed by atoms with Crippen molar-refractivity contribution in [2.75, 3.05) is 7.05 Å². The molecule has 0 aromatic heterocycles. The van der Waals surface area contributed by atoms with Crippen LogP contribution < -0.4 is 15.8 Å². The van der Waals surface area contributed by atoms with Crippen molar-refractivity contribution in [1.29, 1.82) is 0 Å². The van der Waals surface area contributed by atoms with E-state index in [-0.39, 0.29) is 30.6 Å². The quantitative estimate of drug-likeness (QED) is 0.486. The first kappa shape index (κ1) is 25.7. The van der Waals surface area contributed by atoms with Crippen molar-refractivity contribution in [2.24, 2.45) is 5.73 Å². The van der Waals surface area contributed by atoms with Gasteiger partial charge in [0.2, 0.25) is 18.2 Å². The van der Waals surface area contributed by atoms with Gasteiger partial charge in [0.25, 0.3) is 0 Å². The van der Waals surface area contributed by atoms with E-state index < -0.39 is 11.9 Å². The Bertz CT molecular complexity index is 1040. The fourth-order valence-corrected chi connectivity index (χ4v) is 3.50. The molecule has 0 saturated carbocycles. The molecule has 0 bridgehead atoms. The number of hydrogen-bond acceptors (Lipinski definition) is 6. The molecule has 1 aliphatic heterocycles. The second-order valence-electron chi connectivity index (χ2n) is 7.82. The summed E-state index contributed by atoms with van der Waals surface area (Å²) in [5.74, 6) is -0.826. The number of nitrogens with one attached hydrogen (secondary N) is 1. The lowest BCUT2D eigenvalue weighted by Crippen LogP contribution is -2.51. The van der Waals surface area contributed by atoms with E-state index in [0.717, 1.165) is 28.5 Å². The summed E-state index contributed by atoms with van der Waals surface area (Å²) in [6, 6.07) is 8.02. The predicted octanol–water partition coefficient (Wildman–Crippen LogP) is 2.17. The van der Waals surface area contributed by atoms with Crippen LogP contribution in [0.5, 0.6) is 5.75 Å². The van der Waals surface area contributed by atoms with Crippen LogP contribution in [0.2, 0.25) is 0 Å². The predicted molar refractivity (Wildman–Crippen MR) is 120 cm³/mol. The van der Waals surface area contributed by atoms with E-state index in [2.05, 4.69) is 11.1 Å². The molecule has 1 saturated heterocycles. The molecule has 3 amide bonds. The van der Waals surface area contributed by atoms with E-state index in [1.54, 1.807) is 19.2 Å². The molecule has 0 radical (unpaired) electrons. The first-order valence-electron chi connectivity index (χ1n) is 10.4. The summed E-state index contributed by atoms with van der Waals surface area (Å²) in [5, 5.41) is 2.34. The van der Waals surface area contributed by atoms with Crippen molar-refractivity contribution in [1.82, 2.24) is 10.2 Å². The highest BCUT2D eigenvalue weighted by molar-refractivity contribution is 6.00. The lowest BCUT2D eigenvalue weighted by atomic mass is 10.0. The van der Waals surface area contributed by atoms with Crippen LogP contribution in [0.4, 0.5) is 4.39 Å². The number of piperidine rings is 1. The number of aldehydes is 1. The molecule has 0 spiro atoms. The van der Waals surface area contributed by atoms with Gasteiger partial charge in [-0.2, -0.15) is 0 Å². The summed E-state index contributed by atoms with van der Waals surface area (Å²) >= 11 is 0. The maximum absolute atomic E-state index is 14.1. The summed E-state index contributed by atoms with van der Waals surface area (Å²) in [7, 11) is 1.79. The van der Waals surface area contributed by atoms with Crippen LogP contribution in [-0.2, 0) is 27.5 Å². The Labute approximate surface area is 191 Å². The van der Waals surface area contributed by atoms with Crippen molar-refractivity contribution >= 4 is 24.5 Å². The van der Waals surface area contributed by atoms with Crippen LogP contribution in [0.3, 0.4) is 0 Å². The number of aryl methyl sites for hydroxylation is 2. The van der Waals surface area contributed by atoms with E-state index in [9.17, 15) is 18.8 Å². The summed E-state index contributed by atoms with van der Waals surface area (Å²) in [5.41, 5.74) is 7.94. The number of hydrogen-bond donors (Lipinski definition) is 2. The number of carbonyl (C=O) groups excluding carboxylic acids is 4. The van der Waals surface area contributed by atoms with Gasteiger partial charge in [-0.3, -0.25) is 29.4 Å². The lowest BCUT2D eigenvalue weighted by Gasteiger charge is -2.30. The molecular formula is C24H28FN3O5. The fraction of sp³-hybridized carbons (Fsp3) is 0.333. The maximum Gasteiger partial charge on any atom is 0.243 e. The number of amides is 3. The van der Waals surface area contributed by atoms with Crippen LogP contribution in [0.25, 0.3) is 0 Å². The summed E-state index contributed by atoms with van der Waals surface area (Å²) in [6.45, 7) is 4.24. The lowest BCUT2D eigenvalue weighted by molar-refractivity contribution is -0.137. The third kappa shape index (κ3) is 6.95. The Hall–Kier alpha value is -3.59. The molecule has 3 rings (SSSR count). The van der Waals surface area contributed by atoms with E-state index in [0.29, 0.717) is 24.9 Å². The number of ether oxygens (including phenoxy) is 1. The van der Waals surface area contributed by atoms with Gasteiger partial charge in [-0.15, -0.1) is 0 Å². The molecule has 1 heterocycles. The summed E-state index contributed by atoms with van der Waals surface area (Å²) in [4.78, 5) is 45.4. The van der Waals surface area contributed by atoms with Gasteiger partial charge in [-0.1, -0.05) is 12.1 Å². The molecule has 8 nitrogen and oxygen atoms in total. The molecule has 33 heavy (non-hydrogen) atoms. The number of halogens is 1. The molecule has 2 aromatic carbocycles. The third-order valence-electron chi connectivity index (χ3n) is 5.44. The highest BCUT2D eigenvalue weighted by Gasteiger charge is 2.29. The molecule has 3 N–H and O–H groups in total. The molecule has 1 atom stereocenters. The van der Waals surface area contributed by atoms with Crippen LogP contribution >= 0.6 is 0 Å². The number of primary amides is 1. The Balaban J connectivity index is 0.00000122. The van der Waals surface area contributed by atoms with Gasteiger partial charge in [-0.05, 0) is 67.8 Å². The van der Waals surface area contributed by atoms with Crippen molar-refractivity contribution in [3.63, 3.8) is 0 Å². The minimum absolute atomic E-state index is 0.128. The van der Waals surface area contributed by atoms with E-state index in [4.69, 9.17) is 9.53 Å². The maximum atomic E-state index is 14.1. The van der Waals surface area contributed by atoms with Crippen LogP contribution in [0.1, 0.15) is 45.5 Å². The number of carbonyl (C=O) groups is 4. The van der Waals surface area contributed by atoms with Crippen molar-refractivity contribution in [3.05, 3.63) is 64.0 Å². The van der Waals surface area contributed by atoms with Crippen LogP contribution in [0, 0.1) is 19.7 Å². The van der Waals surface area contributed by atoms with Crippen LogP contribution in [0.15, 0.2) is 30.3 Å². The highest BCUT2D eigenvalue weighted by Crippen LogP contribution is 2.23. The molecule has 1 unspecified atom stereocenters. The number of benzene rings is 2. The normalized spacial score (nSPS) is 15.4. The number of nitrogens with zero attached hydrogens (tertiary/aromatic N) is 1. The zero-order chi connectivity index (χ0) is 24.5. The minimum Gasteiger partial charge on any atom is -0.486 e. The monoisotopic (exact) mass is 457 g/mol. The number of rotatable bonds is 7. The van der Waals surface area contributed by atoms with Crippen molar-refractivity contribution in [2.45, 2.75) is 45.9 Å². The van der Waals surface area contributed by atoms with Gasteiger partial charge in [0.1, 0.15) is 12.9 Å². The first-order valence-corrected chi connectivity index (χ1v) is 10.4. The summed E-state index contributed by atoms with van der Waals surface area (Å²) < 4.78 is 19.7. The van der Waals surface area contributed by atoms with Crippen molar-refractivity contribution in [3.8, 4) is 5.75 Å². The van der Waals surface area contributed by atoms with Gasteiger partial charge in [0.15, 0.2) is 11.6 Å². The zero-order valence-electron chi connectivity index (χ0n) is 18.9. The standard InChI is InChI=1S/C23H25FN2O4.CH3NO/c1-14-8-19(24)21(9-15(14)2)30-13-16-4-5-17(18(10-16)12-27)11-26(3)20-6-7-22(28)25-23(20)29;2-1-3/h4-5,8-10,12,20H,6-7,11,13H2,1-3H3,(H,25,28,29);1H,(H2,2,3). The average Bonchev–Trinajstić information content (AvgIpc) is 2.76. The van der Waals surface area contributed by atoms with Gasteiger partial charge in [0.05, 0.1) is 6.04 Å². The molecule has 2 aromatic rings. The van der Waals surface area contributed by atoms with E-state index >= 15 is 0 Å². The molecule has 1 aliphatic rings. The number of nitrogens with two attached hydrogens (primary N) is 1. The first-order chi connectivity index (χ1) is 15.7. The van der Waals surface area contributed by atoms with E-state index in [1.165, 1.54) is 6.07 Å². The Kier molecular flexibility index (Phi) is 9.23. The van der Waals surface area contributed by atoms with Gasteiger partial charge in [-0.25, -0.2) is 4.39 Å². The molecule has 0 aliphatic carbocycles. The van der Waals surface area contributed by atoms with E-state index in [1.807, 2.05) is 30.9 Å². The topological polar surface area (TPSA) is 119 Å². The minimum atomic E-state index is -0.420. The smallest absolute Gasteiger partial charge is 0.243 e. The second kappa shape index (κ2) is 11.9. The summed E-state index contributed by atoms with van der Waals surface area (Å²) in [6.07, 6.45) is 1.76. The molecule has 176 valence electrons. The average molecular weight is 458 g/mol. The van der Waals surface area contributed by atoms with Crippen molar-refractivity contribution < 1.29 is 28.3 Å². The largest absolute Gasteiger partial charge is 0.486 e. The molecular weight excluding hydrogens is 429 g/mol. The highest BCUT2D eigenvalue weighted by atomic mass is 19.1. The Morgan fingerprint density at radius 3 is 2.48 bits per heavy atom. The zero-order valence-corrected chi connectivity index (χ0v) is 18.9. The Morgan fingerprint density at radius 2 is 1.85 bits per heavy atom. The fourth-order valence-electron chi connectivity index (χ4n) is 3.50. The molecule has 9 heteroatoms. The third-order valence-corrected chi connectivity index (χ3v) is 5.44. The number of likely N-dealkylation sites (N-methyl/N-ethyl adjacent to an activating group) is 1. The van der Waals surface area contributed by atoms with Crippen LogP contribution in [-0.4, -0.2) is 42.5 Å². The second-order valence-corrected chi connectivity index (χ2v) is 7.82. The van der Waals surface area contributed by atoms with Gasteiger partial charge in [0, 0.05) is 18.5 Å². The van der Waals surface area contributed by atoms with Gasteiger partial charge >= 0.3 is 0 Å². The van der Waals surface area contributed by atoms with Gasteiger partial charge < -0.3 is 10.5 Å². The molecule has 1 fully saturated rings.